The summed E-state index contributed by atoms with van der Waals surface area (Å²) in [5.74, 6) is -0.160. The predicted octanol–water partition coefficient (Wildman–Crippen LogP) is 5.05. The lowest BCUT2D eigenvalue weighted by Crippen LogP contribution is -2.47. The Morgan fingerprint density at radius 3 is 2.58 bits per heavy atom. The number of urea groups is 1. The molecule has 0 bridgehead atoms. The number of aromatic nitrogens is 2. The molecule has 0 unspecified atom stereocenters. The quantitative estimate of drug-likeness (QED) is 0.329. The molecule has 0 atom stereocenters. The van der Waals surface area contributed by atoms with Gasteiger partial charge in [-0.05, 0) is 42.7 Å². The van der Waals surface area contributed by atoms with Gasteiger partial charge in [0.25, 0.3) is 0 Å². The fraction of sp³-hybridized carbons (Fsp3) is 0.276. The number of amides is 3. The summed E-state index contributed by atoms with van der Waals surface area (Å²) < 4.78 is 21.6. The maximum absolute atomic E-state index is 14.8. The van der Waals surface area contributed by atoms with E-state index in [0.717, 1.165) is 58.8 Å². The van der Waals surface area contributed by atoms with Crippen LogP contribution in [0.4, 0.5) is 14.9 Å². The van der Waals surface area contributed by atoms with Crippen molar-refractivity contribution in [3.8, 4) is 22.1 Å². The number of hydrogen-bond donors (Lipinski definition) is 2. The van der Waals surface area contributed by atoms with E-state index in [2.05, 4.69) is 38.5 Å². The zero-order valence-electron chi connectivity index (χ0n) is 21.7. The molecule has 2 N–H and O–H groups in total. The van der Waals surface area contributed by atoms with Crippen molar-refractivity contribution in [3.63, 3.8) is 0 Å². The Morgan fingerprint density at radius 2 is 1.88 bits per heavy atom. The molecule has 3 amide bonds. The number of nitrogens with zero attached hydrogens (tertiary/aromatic N) is 4. The van der Waals surface area contributed by atoms with Gasteiger partial charge in [-0.25, -0.2) is 9.18 Å². The lowest BCUT2D eigenvalue weighted by Gasteiger charge is -2.34. The summed E-state index contributed by atoms with van der Waals surface area (Å²) in [6.07, 6.45) is 5.45. The van der Waals surface area contributed by atoms with E-state index in [1.165, 1.54) is 23.5 Å². The van der Waals surface area contributed by atoms with Crippen LogP contribution in [0.5, 0.6) is 11.5 Å². The molecule has 1 aliphatic carbocycles. The minimum atomic E-state index is -0.581. The number of carbonyl (C=O) groups is 2. The van der Waals surface area contributed by atoms with Crippen LogP contribution in [0.3, 0.4) is 0 Å². The largest absolute Gasteiger partial charge is 0.453 e. The van der Waals surface area contributed by atoms with E-state index in [9.17, 15) is 14.0 Å². The Kier molecular flexibility index (Phi) is 7.31. The zero-order chi connectivity index (χ0) is 27.6. The van der Waals surface area contributed by atoms with E-state index >= 15 is 0 Å². The van der Waals surface area contributed by atoms with Gasteiger partial charge in [-0.3, -0.25) is 19.7 Å². The number of piperazine rings is 1. The monoisotopic (exact) mass is 559 g/mol. The lowest BCUT2D eigenvalue weighted by molar-refractivity contribution is -0.128. The molecular formula is C29H28FN6O3S. The smallest absolute Gasteiger partial charge is 0.319 e. The van der Waals surface area contributed by atoms with Gasteiger partial charge in [-0.2, -0.15) is 0 Å². The summed E-state index contributed by atoms with van der Waals surface area (Å²) in [4.78, 5) is 37.5. The van der Waals surface area contributed by atoms with Gasteiger partial charge in [0.05, 0.1) is 20.8 Å². The van der Waals surface area contributed by atoms with Crippen LogP contribution in [0.2, 0.25) is 0 Å². The second-order valence-electron chi connectivity index (χ2n) is 9.96. The summed E-state index contributed by atoms with van der Waals surface area (Å²) >= 11 is 1.48. The normalized spacial score (nSPS) is 15.7. The van der Waals surface area contributed by atoms with Crippen molar-refractivity contribution < 1.29 is 18.7 Å². The van der Waals surface area contributed by atoms with Crippen LogP contribution in [-0.2, 0) is 11.3 Å². The molecule has 1 saturated heterocycles. The fourth-order valence-corrected chi connectivity index (χ4v) is 5.60. The maximum Gasteiger partial charge on any atom is 0.319 e. The standard InChI is InChI=1S/C29H28FN6O3S/c1-18(37)36-12-10-35(11-13-36)17-19-2-6-23(32-16-19)27-15-24-28(40-27)26(8-9-31-24)39-25-7-5-21(14-22(25)30)34-29(38)33-20-3-4-20/h2,5-9,14-16,20H,1,3-4,10-13,17H2,(H2,33,34,38). The number of carbonyl (C=O) groups excluding carboxylic acids is 2. The maximum atomic E-state index is 14.8. The van der Waals surface area contributed by atoms with Crippen LogP contribution in [0.25, 0.3) is 20.8 Å². The molecule has 2 aliphatic rings. The molecule has 1 aromatic carbocycles. The molecule has 2 fully saturated rings. The highest BCUT2D eigenvalue weighted by Crippen LogP contribution is 2.39. The number of benzene rings is 1. The van der Waals surface area contributed by atoms with Crippen LogP contribution in [0.1, 0.15) is 18.4 Å². The van der Waals surface area contributed by atoms with Gasteiger partial charge >= 0.3 is 6.03 Å². The molecule has 40 heavy (non-hydrogen) atoms. The van der Waals surface area contributed by atoms with E-state index in [-0.39, 0.29) is 23.7 Å². The summed E-state index contributed by atoms with van der Waals surface area (Å²) in [5, 5.41) is 5.46. The van der Waals surface area contributed by atoms with Crippen molar-refractivity contribution in [2.75, 3.05) is 31.5 Å². The number of thiophene rings is 1. The van der Waals surface area contributed by atoms with Crippen molar-refractivity contribution >= 4 is 39.2 Å². The molecule has 1 saturated carbocycles. The van der Waals surface area contributed by atoms with Crippen LogP contribution in [0, 0.1) is 12.7 Å². The summed E-state index contributed by atoms with van der Waals surface area (Å²) in [6.45, 7) is 7.26. The van der Waals surface area contributed by atoms with Crippen LogP contribution < -0.4 is 15.4 Å². The number of rotatable bonds is 7. The Balaban J connectivity index is 1.13. The van der Waals surface area contributed by atoms with E-state index in [0.29, 0.717) is 24.5 Å². The van der Waals surface area contributed by atoms with Gasteiger partial charge in [-0.15, -0.1) is 11.3 Å². The van der Waals surface area contributed by atoms with E-state index in [4.69, 9.17) is 4.74 Å². The molecule has 1 radical (unpaired) electrons. The van der Waals surface area contributed by atoms with E-state index in [1.54, 1.807) is 23.2 Å². The zero-order valence-corrected chi connectivity index (χ0v) is 22.5. The highest BCUT2D eigenvalue weighted by molar-refractivity contribution is 7.22. The minimum absolute atomic E-state index is 0.0541. The highest BCUT2D eigenvalue weighted by Gasteiger charge is 2.23. The lowest BCUT2D eigenvalue weighted by atomic mass is 10.2. The fourth-order valence-electron chi connectivity index (χ4n) is 4.56. The van der Waals surface area contributed by atoms with E-state index in [1.807, 2.05) is 18.3 Å². The second kappa shape index (κ2) is 11.2. The molecule has 9 nitrogen and oxygen atoms in total. The number of fused-ring (bicyclic) bond motifs is 1. The number of anilines is 1. The first kappa shape index (κ1) is 26.1. The van der Waals surface area contributed by atoms with Gasteiger partial charge < -0.3 is 20.3 Å². The van der Waals surface area contributed by atoms with Crippen molar-refractivity contribution in [3.05, 3.63) is 73.2 Å². The Bertz CT molecular complexity index is 1550. The number of nitrogens with one attached hydrogen (secondary N) is 2. The number of halogens is 1. The topological polar surface area (TPSA) is 99.7 Å². The third-order valence-electron chi connectivity index (χ3n) is 6.91. The van der Waals surface area contributed by atoms with Crippen molar-refractivity contribution in [1.82, 2.24) is 25.1 Å². The molecular weight excluding hydrogens is 531 g/mol. The van der Waals surface area contributed by atoms with Crippen molar-refractivity contribution in [1.29, 1.82) is 0 Å². The third kappa shape index (κ3) is 6.05. The van der Waals surface area contributed by atoms with Gasteiger partial charge in [-0.1, -0.05) is 6.07 Å². The minimum Gasteiger partial charge on any atom is -0.453 e. The summed E-state index contributed by atoms with van der Waals surface area (Å²) in [6, 6.07) is 11.9. The van der Waals surface area contributed by atoms with Crippen LogP contribution in [0.15, 0.2) is 54.9 Å². The van der Waals surface area contributed by atoms with Gasteiger partial charge in [0, 0.05) is 75.9 Å². The highest BCUT2D eigenvalue weighted by atomic mass is 32.1. The van der Waals surface area contributed by atoms with E-state index < -0.39 is 5.82 Å². The first-order chi connectivity index (χ1) is 19.4. The average molecular weight is 560 g/mol. The summed E-state index contributed by atoms with van der Waals surface area (Å²) in [5.41, 5.74) is 3.00. The first-order valence-corrected chi connectivity index (χ1v) is 13.9. The molecule has 3 aromatic heterocycles. The van der Waals surface area contributed by atoms with Crippen LogP contribution in [-0.4, -0.2) is 63.9 Å². The van der Waals surface area contributed by atoms with Gasteiger partial charge in [0.1, 0.15) is 5.75 Å². The molecule has 11 heteroatoms. The molecule has 4 heterocycles. The molecule has 0 spiro atoms. The third-order valence-corrected chi connectivity index (χ3v) is 8.07. The van der Waals surface area contributed by atoms with Crippen molar-refractivity contribution in [2.24, 2.45) is 0 Å². The number of ether oxygens (including phenoxy) is 1. The molecule has 4 aromatic rings. The Labute approximate surface area is 235 Å². The van der Waals surface area contributed by atoms with Gasteiger partial charge in [0.2, 0.25) is 5.91 Å². The molecule has 1 aliphatic heterocycles. The van der Waals surface area contributed by atoms with Gasteiger partial charge in [0.15, 0.2) is 11.6 Å². The average Bonchev–Trinajstić information content (AvgIpc) is 3.64. The number of hydrogen-bond acceptors (Lipinski definition) is 7. The summed E-state index contributed by atoms with van der Waals surface area (Å²) in [7, 11) is 0. The molecule has 205 valence electrons. The Hall–Kier alpha value is -4.09. The van der Waals surface area contributed by atoms with Crippen molar-refractivity contribution in [2.45, 2.75) is 25.4 Å². The first-order valence-electron chi connectivity index (χ1n) is 13.1. The second-order valence-corrected chi connectivity index (χ2v) is 11.0. The predicted molar refractivity (Wildman–Crippen MR) is 152 cm³/mol. The van der Waals surface area contributed by atoms with Crippen LogP contribution >= 0.6 is 11.3 Å². The Morgan fingerprint density at radius 1 is 1.05 bits per heavy atom. The number of pyridine rings is 2. The molecule has 6 rings (SSSR count). The SMILES string of the molecule is [CH2]C(=O)N1CCN(Cc2ccc(-c3cc4nccc(Oc5ccc(NC(=O)NC6CC6)cc5F)c4s3)nc2)CC1.